The van der Waals surface area contributed by atoms with Crippen LogP contribution in [0.1, 0.15) is 53.6 Å². The molecule has 2 N–H and O–H groups in total. The van der Waals surface area contributed by atoms with E-state index in [9.17, 15) is 14.4 Å². The van der Waals surface area contributed by atoms with E-state index in [1.165, 1.54) is 24.8 Å². The van der Waals surface area contributed by atoms with Gasteiger partial charge in [0.2, 0.25) is 11.8 Å². The molecule has 0 aliphatic carbocycles. The van der Waals surface area contributed by atoms with Crippen molar-refractivity contribution in [1.29, 1.82) is 0 Å². The van der Waals surface area contributed by atoms with E-state index in [4.69, 9.17) is 0 Å². The Hall–Kier alpha value is -2.25. The molecular weight excluding hydrogens is 368 g/mol. The summed E-state index contributed by atoms with van der Waals surface area (Å²) in [5.74, 6) is -0.713. The van der Waals surface area contributed by atoms with Crippen LogP contribution in [0.25, 0.3) is 0 Å². The van der Waals surface area contributed by atoms with Crippen molar-refractivity contribution in [2.75, 3.05) is 26.2 Å². The maximum atomic E-state index is 12.8. The van der Waals surface area contributed by atoms with Crippen LogP contribution in [-0.4, -0.2) is 59.7 Å². The standard InChI is InChI=1S/C22H28N4O3/c27-19-5-4-18(20(28)24-19)26-12-16-10-15(2-3-17(16)21(26)29)11-25-9-7-22(14-25)6-1-8-23-13-22/h2-3,10,18,23H,1,4-9,11-14H2,(H,24,27,28). The first-order valence-corrected chi connectivity index (χ1v) is 10.7. The molecular formula is C22H28N4O3. The lowest BCUT2D eigenvalue weighted by Crippen LogP contribution is -2.52. The Morgan fingerprint density at radius 1 is 1.17 bits per heavy atom. The molecule has 29 heavy (non-hydrogen) atoms. The number of hydrogen-bond donors (Lipinski definition) is 2. The predicted molar refractivity (Wildman–Crippen MR) is 107 cm³/mol. The van der Waals surface area contributed by atoms with E-state index in [1.54, 1.807) is 4.90 Å². The molecule has 4 heterocycles. The molecule has 0 radical (unpaired) electrons. The van der Waals surface area contributed by atoms with E-state index in [1.807, 2.05) is 6.07 Å². The topological polar surface area (TPSA) is 81.8 Å². The predicted octanol–water partition coefficient (Wildman–Crippen LogP) is 1.02. The lowest BCUT2D eigenvalue weighted by Gasteiger charge is -2.34. The van der Waals surface area contributed by atoms with Crippen molar-refractivity contribution in [1.82, 2.24) is 20.4 Å². The van der Waals surface area contributed by atoms with Crippen LogP contribution in [0.15, 0.2) is 18.2 Å². The first kappa shape index (κ1) is 18.8. The SMILES string of the molecule is O=C1CCC(N2Cc3cc(CN4CCC5(CCCNC5)C4)ccc3C2=O)C(=O)N1. The third kappa shape index (κ3) is 3.46. The highest BCUT2D eigenvalue weighted by Gasteiger charge is 2.40. The monoisotopic (exact) mass is 396 g/mol. The van der Waals surface area contributed by atoms with Crippen LogP contribution in [0.3, 0.4) is 0 Å². The molecule has 1 spiro atoms. The molecule has 3 amide bonds. The number of imide groups is 1. The highest BCUT2D eigenvalue weighted by Crippen LogP contribution is 2.37. The fourth-order valence-corrected chi connectivity index (χ4v) is 5.53. The van der Waals surface area contributed by atoms with Crippen molar-refractivity contribution < 1.29 is 14.4 Å². The van der Waals surface area contributed by atoms with Gasteiger partial charge in [0.1, 0.15) is 6.04 Å². The van der Waals surface area contributed by atoms with E-state index in [2.05, 4.69) is 27.7 Å². The normalized spacial score (nSPS) is 30.1. The summed E-state index contributed by atoms with van der Waals surface area (Å²) in [7, 11) is 0. The molecule has 0 bridgehead atoms. The second-order valence-electron chi connectivity index (χ2n) is 9.13. The van der Waals surface area contributed by atoms with Crippen molar-refractivity contribution in [3.63, 3.8) is 0 Å². The molecule has 3 fully saturated rings. The molecule has 4 aliphatic heterocycles. The minimum Gasteiger partial charge on any atom is -0.322 e. The smallest absolute Gasteiger partial charge is 0.255 e. The zero-order valence-electron chi connectivity index (χ0n) is 16.7. The Morgan fingerprint density at radius 2 is 2.07 bits per heavy atom. The van der Waals surface area contributed by atoms with Gasteiger partial charge in [-0.15, -0.1) is 0 Å². The van der Waals surface area contributed by atoms with Crippen LogP contribution in [-0.2, 0) is 22.7 Å². The number of piperidine rings is 2. The molecule has 5 rings (SSSR count). The Balaban J connectivity index is 1.27. The lowest BCUT2D eigenvalue weighted by molar-refractivity contribution is -0.136. The molecule has 4 aliphatic rings. The Kier molecular flexibility index (Phi) is 4.67. The molecule has 1 aromatic carbocycles. The minimum absolute atomic E-state index is 0.102. The molecule has 1 aromatic rings. The third-order valence-electron chi connectivity index (χ3n) is 7.07. The molecule has 7 nitrogen and oxygen atoms in total. The van der Waals surface area contributed by atoms with E-state index in [0.29, 0.717) is 23.9 Å². The number of carbonyl (C=O) groups excluding carboxylic acids is 3. The molecule has 2 atom stereocenters. The van der Waals surface area contributed by atoms with Gasteiger partial charge in [0.05, 0.1) is 0 Å². The van der Waals surface area contributed by atoms with Gasteiger partial charge in [0, 0.05) is 38.2 Å². The number of benzene rings is 1. The van der Waals surface area contributed by atoms with E-state index < -0.39 is 6.04 Å². The second kappa shape index (κ2) is 7.22. The first-order valence-electron chi connectivity index (χ1n) is 10.7. The Morgan fingerprint density at radius 3 is 2.86 bits per heavy atom. The molecule has 3 saturated heterocycles. The highest BCUT2D eigenvalue weighted by molar-refractivity contribution is 6.05. The molecule has 0 saturated carbocycles. The van der Waals surface area contributed by atoms with Crippen molar-refractivity contribution in [2.24, 2.45) is 5.41 Å². The van der Waals surface area contributed by atoms with Crippen LogP contribution < -0.4 is 10.6 Å². The van der Waals surface area contributed by atoms with E-state index in [0.717, 1.165) is 38.3 Å². The summed E-state index contributed by atoms with van der Waals surface area (Å²) in [6.45, 7) is 5.88. The number of amides is 3. The summed E-state index contributed by atoms with van der Waals surface area (Å²) in [4.78, 5) is 40.6. The lowest BCUT2D eigenvalue weighted by atomic mass is 9.80. The van der Waals surface area contributed by atoms with Gasteiger partial charge in [-0.25, -0.2) is 0 Å². The number of nitrogens with zero attached hydrogens (tertiary/aromatic N) is 2. The van der Waals surface area contributed by atoms with Crippen molar-refractivity contribution in [2.45, 2.75) is 51.2 Å². The van der Waals surface area contributed by atoms with Crippen molar-refractivity contribution in [3.05, 3.63) is 34.9 Å². The van der Waals surface area contributed by atoms with Gasteiger partial charge in [-0.05, 0) is 61.4 Å². The number of rotatable bonds is 3. The van der Waals surface area contributed by atoms with Gasteiger partial charge in [-0.3, -0.25) is 24.6 Å². The minimum atomic E-state index is -0.548. The second-order valence-corrected chi connectivity index (χ2v) is 9.13. The van der Waals surface area contributed by atoms with Crippen LogP contribution in [0.4, 0.5) is 0 Å². The molecule has 7 heteroatoms. The number of carbonyl (C=O) groups is 3. The van der Waals surface area contributed by atoms with Gasteiger partial charge in [-0.2, -0.15) is 0 Å². The Bertz CT molecular complexity index is 862. The fourth-order valence-electron chi connectivity index (χ4n) is 5.53. The average Bonchev–Trinajstić information content (AvgIpc) is 3.23. The molecule has 0 aromatic heterocycles. The van der Waals surface area contributed by atoms with Gasteiger partial charge >= 0.3 is 0 Å². The largest absolute Gasteiger partial charge is 0.322 e. The molecule has 154 valence electrons. The number of likely N-dealkylation sites (tertiary alicyclic amines) is 1. The van der Waals surface area contributed by atoms with Gasteiger partial charge in [-0.1, -0.05) is 12.1 Å². The quantitative estimate of drug-likeness (QED) is 0.746. The van der Waals surface area contributed by atoms with Crippen molar-refractivity contribution in [3.8, 4) is 0 Å². The number of fused-ring (bicyclic) bond motifs is 1. The summed E-state index contributed by atoms with van der Waals surface area (Å²) < 4.78 is 0. The fraction of sp³-hybridized carbons (Fsp3) is 0.591. The summed E-state index contributed by atoms with van der Waals surface area (Å²) in [6, 6.07) is 5.54. The summed E-state index contributed by atoms with van der Waals surface area (Å²) in [5.41, 5.74) is 3.34. The Labute approximate surface area is 170 Å². The summed E-state index contributed by atoms with van der Waals surface area (Å²) >= 11 is 0. The first-order chi connectivity index (χ1) is 14.0. The summed E-state index contributed by atoms with van der Waals surface area (Å²) in [6.07, 6.45) is 4.53. The maximum absolute atomic E-state index is 12.8. The van der Waals surface area contributed by atoms with Crippen LogP contribution >= 0.6 is 0 Å². The van der Waals surface area contributed by atoms with Crippen LogP contribution in [0, 0.1) is 5.41 Å². The van der Waals surface area contributed by atoms with Gasteiger partial charge < -0.3 is 10.2 Å². The van der Waals surface area contributed by atoms with E-state index >= 15 is 0 Å². The highest BCUT2D eigenvalue weighted by atomic mass is 16.2. The van der Waals surface area contributed by atoms with E-state index in [-0.39, 0.29) is 24.1 Å². The maximum Gasteiger partial charge on any atom is 0.255 e. The molecule has 2 unspecified atom stereocenters. The van der Waals surface area contributed by atoms with Gasteiger partial charge in [0.15, 0.2) is 0 Å². The average molecular weight is 396 g/mol. The van der Waals surface area contributed by atoms with Crippen LogP contribution in [0.2, 0.25) is 0 Å². The number of hydrogen-bond acceptors (Lipinski definition) is 5. The zero-order chi connectivity index (χ0) is 20.0. The summed E-state index contributed by atoms with van der Waals surface area (Å²) in [5, 5.41) is 5.92. The van der Waals surface area contributed by atoms with Crippen molar-refractivity contribution >= 4 is 17.7 Å². The van der Waals surface area contributed by atoms with Crippen LogP contribution in [0.5, 0.6) is 0 Å². The number of nitrogens with one attached hydrogen (secondary N) is 2. The third-order valence-corrected chi connectivity index (χ3v) is 7.07. The zero-order valence-corrected chi connectivity index (χ0v) is 16.7. The van der Waals surface area contributed by atoms with Gasteiger partial charge in [0.25, 0.3) is 5.91 Å².